The van der Waals surface area contributed by atoms with E-state index in [9.17, 15) is 4.79 Å². The average Bonchev–Trinajstić information content (AvgIpc) is 2.47. The van der Waals surface area contributed by atoms with E-state index < -0.39 is 0 Å². The van der Waals surface area contributed by atoms with Crippen molar-refractivity contribution in [2.45, 2.75) is 13.0 Å². The van der Waals surface area contributed by atoms with Crippen LogP contribution < -0.4 is 10.6 Å². The zero-order chi connectivity index (χ0) is 15.2. The molecular formula is C16H17ClIN2O+. The summed E-state index contributed by atoms with van der Waals surface area (Å²) in [5.74, 6) is -0.00918. The summed E-state index contributed by atoms with van der Waals surface area (Å²) in [5, 5.41) is 5.60. The summed E-state index contributed by atoms with van der Waals surface area (Å²) in [6, 6.07) is 15.6. The van der Waals surface area contributed by atoms with Gasteiger partial charge in [-0.1, -0.05) is 23.7 Å². The third-order valence-corrected chi connectivity index (χ3v) is 4.11. The third-order valence-electron chi connectivity index (χ3n) is 3.16. The van der Waals surface area contributed by atoms with Crippen LogP contribution in [0.25, 0.3) is 0 Å². The first-order valence-electron chi connectivity index (χ1n) is 6.69. The van der Waals surface area contributed by atoms with E-state index in [1.165, 1.54) is 0 Å². The van der Waals surface area contributed by atoms with Crippen LogP contribution in [0.3, 0.4) is 0 Å². The van der Waals surface area contributed by atoms with E-state index in [4.69, 9.17) is 11.6 Å². The highest BCUT2D eigenvalue weighted by molar-refractivity contribution is 14.1. The monoisotopic (exact) mass is 415 g/mol. The van der Waals surface area contributed by atoms with Crippen molar-refractivity contribution in [1.82, 2.24) is 0 Å². The number of nitrogens with one attached hydrogen (secondary N) is 1. The second-order valence-corrected chi connectivity index (χ2v) is 6.52. The molecule has 21 heavy (non-hydrogen) atoms. The summed E-state index contributed by atoms with van der Waals surface area (Å²) < 4.78 is 1.15. The molecule has 0 aliphatic carbocycles. The Morgan fingerprint density at radius 3 is 2.67 bits per heavy atom. The third kappa shape index (κ3) is 5.30. The van der Waals surface area contributed by atoms with E-state index in [0.717, 1.165) is 19.8 Å². The highest BCUT2D eigenvalue weighted by atomic mass is 127. The largest absolute Gasteiger partial charge is 0.333 e. The van der Waals surface area contributed by atoms with Crippen molar-refractivity contribution in [1.29, 1.82) is 0 Å². The van der Waals surface area contributed by atoms with Crippen molar-refractivity contribution >= 4 is 45.8 Å². The van der Waals surface area contributed by atoms with Crippen LogP contribution >= 0.6 is 34.2 Å². The maximum Gasteiger partial charge on any atom is 0.279 e. The van der Waals surface area contributed by atoms with Crippen LogP contribution in [0, 0.1) is 3.57 Å². The summed E-state index contributed by atoms with van der Waals surface area (Å²) in [5.41, 5.74) is 1.94. The second-order valence-electron chi connectivity index (χ2n) is 4.84. The Kier molecular flexibility index (Phi) is 6.02. The quantitative estimate of drug-likeness (QED) is 0.724. The maximum absolute atomic E-state index is 11.9. The van der Waals surface area contributed by atoms with Gasteiger partial charge in [0.05, 0.1) is 0 Å². The fourth-order valence-electron chi connectivity index (χ4n) is 1.95. The second kappa shape index (κ2) is 7.77. The lowest BCUT2D eigenvalue weighted by molar-refractivity contribution is -0.682. The molecule has 0 radical (unpaired) electrons. The minimum atomic E-state index is -0.00918. The van der Waals surface area contributed by atoms with Crippen molar-refractivity contribution < 1.29 is 10.1 Å². The van der Waals surface area contributed by atoms with Crippen molar-refractivity contribution in [2.24, 2.45) is 0 Å². The molecule has 1 amide bonds. The fourth-order valence-corrected chi connectivity index (χ4v) is 2.51. The van der Waals surface area contributed by atoms with Gasteiger partial charge < -0.3 is 10.6 Å². The summed E-state index contributed by atoms with van der Waals surface area (Å²) in [6.07, 6.45) is 0. The number of carbonyl (C=O) groups is 1. The van der Waals surface area contributed by atoms with Crippen LogP contribution in [0.15, 0.2) is 48.5 Å². The van der Waals surface area contributed by atoms with Gasteiger partial charge >= 0.3 is 0 Å². The Morgan fingerprint density at radius 1 is 1.29 bits per heavy atom. The molecule has 2 aromatic carbocycles. The zero-order valence-electron chi connectivity index (χ0n) is 11.6. The molecule has 0 aliphatic rings. The number of quaternary nitrogens is 1. The smallest absolute Gasteiger partial charge is 0.279 e. The minimum absolute atomic E-state index is 0.00918. The first kappa shape index (κ1) is 16.3. The SMILES string of the molecule is C[C@H]([NH2+]CC(=O)Nc1ccc(I)cc1)c1cccc(Cl)c1. The van der Waals surface area contributed by atoms with Crippen LogP contribution in [0.5, 0.6) is 0 Å². The first-order valence-corrected chi connectivity index (χ1v) is 8.14. The zero-order valence-corrected chi connectivity index (χ0v) is 14.6. The lowest BCUT2D eigenvalue weighted by atomic mass is 10.1. The number of nitrogens with two attached hydrogens (primary N) is 1. The molecule has 0 heterocycles. The molecule has 110 valence electrons. The van der Waals surface area contributed by atoms with Gasteiger partial charge in [0.2, 0.25) is 0 Å². The predicted octanol–water partition coefficient (Wildman–Crippen LogP) is 3.21. The molecule has 0 saturated heterocycles. The molecule has 0 spiro atoms. The van der Waals surface area contributed by atoms with Crippen LogP contribution in [0.2, 0.25) is 5.02 Å². The lowest BCUT2D eigenvalue weighted by Crippen LogP contribution is -2.86. The lowest BCUT2D eigenvalue weighted by Gasteiger charge is -2.11. The maximum atomic E-state index is 11.9. The van der Waals surface area contributed by atoms with Crippen LogP contribution in [0.1, 0.15) is 18.5 Å². The number of hydrogen-bond donors (Lipinski definition) is 2. The standard InChI is InChI=1S/C16H16ClIN2O/c1-11(12-3-2-4-13(17)9-12)19-10-16(21)20-15-7-5-14(18)6-8-15/h2-9,11,19H,10H2,1H3,(H,20,21)/p+1/t11-/m0/s1. The molecule has 2 aromatic rings. The van der Waals surface area contributed by atoms with Crippen molar-refractivity contribution in [3.63, 3.8) is 0 Å². The van der Waals surface area contributed by atoms with Crippen molar-refractivity contribution in [2.75, 3.05) is 11.9 Å². The highest BCUT2D eigenvalue weighted by Crippen LogP contribution is 2.14. The summed E-state index contributed by atoms with van der Waals surface area (Å²) in [7, 11) is 0. The van der Waals surface area contributed by atoms with E-state index in [2.05, 4.69) is 34.8 Å². The van der Waals surface area contributed by atoms with Crippen LogP contribution in [-0.4, -0.2) is 12.5 Å². The minimum Gasteiger partial charge on any atom is -0.333 e. The molecule has 3 N–H and O–H groups in total. The highest BCUT2D eigenvalue weighted by Gasteiger charge is 2.11. The molecule has 0 bridgehead atoms. The Bertz CT molecular complexity index is 616. The van der Waals surface area contributed by atoms with Gasteiger partial charge in [0.15, 0.2) is 6.54 Å². The molecule has 3 nitrogen and oxygen atoms in total. The van der Waals surface area contributed by atoms with E-state index in [1.807, 2.05) is 53.8 Å². The number of benzene rings is 2. The Labute approximate surface area is 143 Å². The van der Waals surface area contributed by atoms with Crippen molar-refractivity contribution in [3.8, 4) is 0 Å². The van der Waals surface area contributed by atoms with Gasteiger partial charge in [0.25, 0.3) is 5.91 Å². The Hall–Kier alpha value is -1.11. The predicted molar refractivity (Wildman–Crippen MR) is 94.4 cm³/mol. The number of rotatable bonds is 5. The van der Waals surface area contributed by atoms with E-state index in [-0.39, 0.29) is 11.9 Å². The van der Waals surface area contributed by atoms with E-state index in [1.54, 1.807) is 0 Å². The van der Waals surface area contributed by atoms with Gasteiger partial charge in [-0.3, -0.25) is 4.79 Å². The van der Waals surface area contributed by atoms with Crippen LogP contribution in [0.4, 0.5) is 5.69 Å². The number of anilines is 1. The number of halogens is 2. The van der Waals surface area contributed by atoms with Crippen molar-refractivity contribution in [3.05, 3.63) is 62.7 Å². The molecule has 0 aliphatic heterocycles. The molecule has 0 saturated carbocycles. The molecule has 0 unspecified atom stereocenters. The van der Waals surface area contributed by atoms with E-state index in [0.29, 0.717) is 6.54 Å². The number of amides is 1. The summed E-state index contributed by atoms with van der Waals surface area (Å²) in [6.45, 7) is 2.43. The molecule has 2 rings (SSSR count). The molecule has 0 aromatic heterocycles. The summed E-state index contributed by atoms with van der Waals surface area (Å²) in [4.78, 5) is 11.9. The van der Waals surface area contributed by atoms with Gasteiger partial charge in [-0.25, -0.2) is 0 Å². The average molecular weight is 416 g/mol. The van der Waals surface area contributed by atoms with Gasteiger partial charge in [-0.2, -0.15) is 0 Å². The molecule has 5 heteroatoms. The van der Waals surface area contributed by atoms with Gasteiger partial charge in [-0.15, -0.1) is 0 Å². The van der Waals surface area contributed by atoms with Gasteiger partial charge in [-0.05, 0) is 65.9 Å². The fraction of sp³-hybridized carbons (Fsp3) is 0.188. The first-order chi connectivity index (χ1) is 10.0. The van der Waals surface area contributed by atoms with Crippen LogP contribution in [-0.2, 0) is 4.79 Å². The van der Waals surface area contributed by atoms with E-state index >= 15 is 0 Å². The molecule has 1 atom stereocenters. The Morgan fingerprint density at radius 2 is 2.00 bits per heavy atom. The Balaban J connectivity index is 1.84. The van der Waals surface area contributed by atoms with Gasteiger partial charge in [0, 0.05) is 19.8 Å². The molecule has 0 fully saturated rings. The number of hydrogen-bond acceptors (Lipinski definition) is 1. The topological polar surface area (TPSA) is 45.7 Å². The molecular weight excluding hydrogens is 399 g/mol. The normalized spacial score (nSPS) is 12.0. The number of carbonyl (C=O) groups excluding carboxylic acids is 1. The van der Waals surface area contributed by atoms with Gasteiger partial charge in [0.1, 0.15) is 6.04 Å². The summed E-state index contributed by atoms with van der Waals surface area (Å²) >= 11 is 8.21.